The maximum absolute atomic E-state index is 11.9. The fourth-order valence-corrected chi connectivity index (χ4v) is 1.94. The van der Waals surface area contributed by atoms with Gasteiger partial charge < -0.3 is 10.6 Å². The number of nitrogens with one attached hydrogen (secondary N) is 2. The van der Waals surface area contributed by atoms with Crippen LogP contribution in [0.3, 0.4) is 0 Å². The molecule has 0 radical (unpaired) electrons. The van der Waals surface area contributed by atoms with E-state index in [0.29, 0.717) is 0 Å². The largest absolute Gasteiger partial charge is 0.350 e. The van der Waals surface area contributed by atoms with Crippen molar-refractivity contribution in [3.8, 4) is 0 Å². The lowest BCUT2D eigenvalue weighted by atomic mass is 10.2. The second-order valence-electron chi connectivity index (χ2n) is 4.53. The number of rotatable bonds is 6. The number of carbonyl (C=O) groups excluding carboxylic acids is 2. The van der Waals surface area contributed by atoms with Gasteiger partial charge in [0, 0.05) is 37.1 Å². The number of nitrogens with zero attached hydrogens (tertiary/aromatic N) is 3. The predicted octanol–water partition coefficient (Wildman–Crippen LogP) is 1.20. The Morgan fingerprint density at radius 1 is 1.17 bits per heavy atom. The van der Waals surface area contributed by atoms with E-state index < -0.39 is 16.7 Å². The molecule has 0 spiro atoms. The molecule has 1 aromatic carbocycles. The normalized spacial score (nSPS) is 10.0. The van der Waals surface area contributed by atoms with Gasteiger partial charge in [-0.1, -0.05) is 11.6 Å². The van der Waals surface area contributed by atoms with Gasteiger partial charge in [-0.3, -0.25) is 24.7 Å². The fourth-order valence-electron chi connectivity index (χ4n) is 1.75. The van der Waals surface area contributed by atoms with Gasteiger partial charge in [0.15, 0.2) is 0 Å². The summed E-state index contributed by atoms with van der Waals surface area (Å²) in [5.74, 6) is -0.928. The molecule has 2 N–H and O–H groups in total. The molecule has 2 rings (SSSR count). The third-order valence-corrected chi connectivity index (χ3v) is 3.22. The van der Waals surface area contributed by atoms with Crippen LogP contribution in [-0.2, 0) is 0 Å². The van der Waals surface area contributed by atoms with Crippen molar-refractivity contribution < 1.29 is 14.5 Å². The maximum atomic E-state index is 11.9. The summed E-state index contributed by atoms with van der Waals surface area (Å²) in [5, 5.41) is 15.8. The molecule has 10 heteroatoms. The molecule has 1 heterocycles. The Morgan fingerprint density at radius 2 is 1.88 bits per heavy atom. The summed E-state index contributed by atoms with van der Waals surface area (Å²) >= 11 is 5.68. The highest BCUT2D eigenvalue weighted by Gasteiger charge is 2.16. The molecule has 2 aromatic rings. The number of nitro benzene ring substituents is 1. The Morgan fingerprint density at radius 3 is 2.50 bits per heavy atom. The lowest BCUT2D eigenvalue weighted by molar-refractivity contribution is -0.384. The summed E-state index contributed by atoms with van der Waals surface area (Å²) in [7, 11) is 0. The third-order valence-electron chi connectivity index (χ3n) is 2.90. The second-order valence-corrected chi connectivity index (χ2v) is 4.93. The Kier molecular flexibility index (Phi) is 5.74. The molecule has 0 fully saturated rings. The van der Waals surface area contributed by atoms with E-state index in [9.17, 15) is 19.7 Å². The number of benzene rings is 1. The molecule has 0 aliphatic rings. The van der Waals surface area contributed by atoms with E-state index in [1.54, 1.807) is 0 Å². The van der Waals surface area contributed by atoms with E-state index in [2.05, 4.69) is 20.6 Å². The van der Waals surface area contributed by atoms with Gasteiger partial charge >= 0.3 is 0 Å². The third kappa shape index (κ3) is 4.46. The van der Waals surface area contributed by atoms with Crippen molar-refractivity contribution in [1.29, 1.82) is 0 Å². The first-order valence-corrected chi connectivity index (χ1v) is 7.13. The van der Waals surface area contributed by atoms with Crippen molar-refractivity contribution in [2.75, 3.05) is 13.1 Å². The van der Waals surface area contributed by atoms with Crippen LogP contribution >= 0.6 is 11.6 Å². The molecular formula is C14H12ClN5O4. The van der Waals surface area contributed by atoms with E-state index in [1.807, 2.05) is 0 Å². The first-order valence-electron chi connectivity index (χ1n) is 6.75. The number of carbonyl (C=O) groups is 2. The molecule has 0 atom stereocenters. The molecule has 0 aliphatic carbocycles. The topological polar surface area (TPSA) is 127 Å². The van der Waals surface area contributed by atoms with Crippen LogP contribution in [0.2, 0.25) is 5.02 Å². The summed E-state index contributed by atoms with van der Waals surface area (Å²) in [6, 6.07) is 3.75. The minimum absolute atomic E-state index is 0.0483. The zero-order valence-electron chi connectivity index (χ0n) is 12.2. The molecule has 0 aliphatic heterocycles. The van der Waals surface area contributed by atoms with E-state index in [4.69, 9.17) is 11.6 Å². The highest BCUT2D eigenvalue weighted by molar-refractivity contribution is 6.32. The average Bonchev–Trinajstić information content (AvgIpc) is 2.59. The molecule has 0 saturated heterocycles. The van der Waals surface area contributed by atoms with Crippen LogP contribution in [0.25, 0.3) is 0 Å². The minimum Gasteiger partial charge on any atom is -0.350 e. The van der Waals surface area contributed by atoms with Gasteiger partial charge in [0.2, 0.25) is 0 Å². The standard InChI is InChI=1S/C14H12ClN5O4/c15-10-2-1-9(7-12(10)20(23)24)13(21)18-5-6-19-14(22)11-8-16-3-4-17-11/h1-4,7-8H,5-6H2,(H,18,21)(H,19,22). The predicted molar refractivity (Wildman–Crippen MR) is 84.8 cm³/mol. The van der Waals surface area contributed by atoms with Gasteiger partial charge in [-0.15, -0.1) is 0 Å². The van der Waals surface area contributed by atoms with Gasteiger partial charge in [-0.25, -0.2) is 4.98 Å². The van der Waals surface area contributed by atoms with E-state index in [-0.39, 0.29) is 35.1 Å². The van der Waals surface area contributed by atoms with Crippen molar-refractivity contribution in [3.05, 3.63) is 63.2 Å². The number of aromatic nitrogens is 2. The van der Waals surface area contributed by atoms with Gasteiger partial charge in [0.05, 0.1) is 11.1 Å². The van der Waals surface area contributed by atoms with Crippen LogP contribution in [0.4, 0.5) is 5.69 Å². The Labute approximate surface area is 141 Å². The molecule has 1 aromatic heterocycles. The zero-order valence-corrected chi connectivity index (χ0v) is 13.0. The minimum atomic E-state index is -0.666. The average molecular weight is 350 g/mol. The van der Waals surface area contributed by atoms with Crippen LogP contribution in [0.1, 0.15) is 20.8 Å². The van der Waals surface area contributed by atoms with Crippen LogP contribution in [0.5, 0.6) is 0 Å². The number of amides is 2. The molecule has 0 unspecified atom stereocenters. The molecule has 0 bridgehead atoms. The first kappa shape index (κ1) is 17.3. The van der Waals surface area contributed by atoms with Gasteiger partial charge in [0.25, 0.3) is 17.5 Å². The lowest BCUT2D eigenvalue weighted by Gasteiger charge is -2.07. The van der Waals surface area contributed by atoms with Crippen molar-refractivity contribution in [3.63, 3.8) is 0 Å². The SMILES string of the molecule is O=C(NCCNC(=O)c1cnccn1)c1ccc(Cl)c([N+](=O)[O-])c1. The summed E-state index contributed by atoms with van der Waals surface area (Å²) in [6.07, 6.45) is 4.16. The van der Waals surface area contributed by atoms with Crippen molar-refractivity contribution >= 4 is 29.1 Å². The summed E-state index contributed by atoms with van der Waals surface area (Å²) < 4.78 is 0. The Bertz CT molecular complexity index is 769. The molecule has 9 nitrogen and oxygen atoms in total. The molecular weight excluding hydrogens is 338 g/mol. The van der Waals surface area contributed by atoms with Gasteiger partial charge in [0.1, 0.15) is 10.7 Å². The molecule has 0 saturated carbocycles. The van der Waals surface area contributed by atoms with Crippen molar-refractivity contribution in [2.24, 2.45) is 0 Å². The summed E-state index contributed by atoms with van der Waals surface area (Å²) in [5.41, 5.74) is -0.0798. The van der Waals surface area contributed by atoms with Gasteiger partial charge in [-0.2, -0.15) is 0 Å². The van der Waals surface area contributed by atoms with E-state index >= 15 is 0 Å². The summed E-state index contributed by atoms with van der Waals surface area (Å²) in [6.45, 7) is 0.304. The van der Waals surface area contributed by atoms with Gasteiger partial charge in [-0.05, 0) is 12.1 Å². The number of hydrogen-bond acceptors (Lipinski definition) is 6. The van der Waals surface area contributed by atoms with Crippen LogP contribution in [-0.4, -0.2) is 39.8 Å². The van der Waals surface area contributed by atoms with Crippen LogP contribution in [0.15, 0.2) is 36.8 Å². The number of hydrogen-bond donors (Lipinski definition) is 2. The number of halogens is 1. The Hall–Kier alpha value is -3.07. The Balaban J connectivity index is 1.84. The molecule has 24 heavy (non-hydrogen) atoms. The first-order chi connectivity index (χ1) is 11.5. The summed E-state index contributed by atoms with van der Waals surface area (Å²) in [4.78, 5) is 41.4. The monoisotopic (exact) mass is 349 g/mol. The molecule has 124 valence electrons. The zero-order chi connectivity index (χ0) is 17.5. The molecule has 2 amide bonds. The van der Waals surface area contributed by atoms with Crippen molar-refractivity contribution in [2.45, 2.75) is 0 Å². The second kappa shape index (κ2) is 7.97. The fraction of sp³-hybridized carbons (Fsp3) is 0.143. The van der Waals surface area contributed by atoms with E-state index in [1.165, 1.54) is 30.7 Å². The lowest BCUT2D eigenvalue weighted by Crippen LogP contribution is -2.35. The van der Waals surface area contributed by atoms with Crippen molar-refractivity contribution in [1.82, 2.24) is 20.6 Å². The smallest absolute Gasteiger partial charge is 0.288 e. The quantitative estimate of drug-likeness (QED) is 0.458. The van der Waals surface area contributed by atoms with Crippen LogP contribution in [0, 0.1) is 10.1 Å². The number of nitro groups is 1. The highest BCUT2D eigenvalue weighted by atomic mass is 35.5. The van der Waals surface area contributed by atoms with E-state index in [0.717, 1.165) is 6.07 Å². The highest BCUT2D eigenvalue weighted by Crippen LogP contribution is 2.24. The maximum Gasteiger partial charge on any atom is 0.288 e. The van der Waals surface area contributed by atoms with Crippen LogP contribution < -0.4 is 10.6 Å².